The van der Waals surface area contributed by atoms with Gasteiger partial charge in [0.1, 0.15) is 0 Å². The molecule has 0 aliphatic rings. The molecule has 0 bridgehead atoms. The van der Waals surface area contributed by atoms with Gasteiger partial charge in [0, 0.05) is 32.2 Å². The molecular formula is C24H33N3O. The van der Waals surface area contributed by atoms with Gasteiger partial charge in [-0.1, -0.05) is 44.2 Å². The highest BCUT2D eigenvalue weighted by Crippen LogP contribution is 2.26. The molecule has 0 atom stereocenters. The maximum atomic E-state index is 13.4. The van der Waals surface area contributed by atoms with Gasteiger partial charge in [-0.05, 0) is 55.5 Å². The lowest BCUT2D eigenvalue weighted by molar-refractivity contribution is 0.0722. The minimum absolute atomic E-state index is 0.0827. The summed E-state index contributed by atoms with van der Waals surface area (Å²) >= 11 is 0. The highest BCUT2D eigenvalue weighted by atomic mass is 16.2. The second-order valence-corrected chi connectivity index (χ2v) is 7.77. The highest BCUT2D eigenvalue weighted by Gasteiger charge is 2.20. The molecule has 0 aromatic heterocycles. The summed E-state index contributed by atoms with van der Waals surface area (Å²) in [6.45, 7) is 12.7. The predicted molar refractivity (Wildman–Crippen MR) is 118 cm³/mol. The number of aliphatic imine (C=N–C) groups is 1. The Bertz CT molecular complexity index is 812. The number of hydrogen-bond acceptors (Lipinski definition) is 2. The van der Waals surface area contributed by atoms with E-state index >= 15 is 0 Å². The Kier molecular flexibility index (Phi) is 7.80. The molecule has 0 aliphatic heterocycles. The van der Waals surface area contributed by atoms with E-state index < -0.39 is 0 Å². The van der Waals surface area contributed by atoms with Crippen LogP contribution in [0.3, 0.4) is 0 Å². The maximum absolute atomic E-state index is 13.4. The lowest BCUT2D eigenvalue weighted by atomic mass is 10.00. The first-order valence-corrected chi connectivity index (χ1v) is 10.0. The van der Waals surface area contributed by atoms with Gasteiger partial charge in [0.05, 0.1) is 12.0 Å². The van der Waals surface area contributed by atoms with Crippen LogP contribution in [0, 0.1) is 19.8 Å². The number of hydrogen-bond donors (Lipinski definition) is 0. The third kappa shape index (κ3) is 5.69. The summed E-state index contributed by atoms with van der Waals surface area (Å²) in [5.74, 6) is 0.488. The number of carbonyl (C=O) groups excluding carboxylic acids is 1. The molecule has 0 saturated carbocycles. The summed E-state index contributed by atoms with van der Waals surface area (Å²) < 4.78 is 0. The van der Waals surface area contributed by atoms with E-state index in [0.29, 0.717) is 12.5 Å². The van der Waals surface area contributed by atoms with Crippen LogP contribution in [0.5, 0.6) is 0 Å². The van der Waals surface area contributed by atoms with Gasteiger partial charge in [0.2, 0.25) is 0 Å². The van der Waals surface area contributed by atoms with E-state index in [4.69, 9.17) is 0 Å². The smallest absolute Gasteiger partial charge is 0.254 e. The van der Waals surface area contributed by atoms with Crippen molar-refractivity contribution in [1.82, 2.24) is 9.80 Å². The average Bonchev–Trinajstić information content (AvgIpc) is 2.68. The third-order valence-electron chi connectivity index (χ3n) is 4.97. The van der Waals surface area contributed by atoms with Crippen LogP contribution in [-0.2, 0) is 6.54 Å². The summed E-state index contributed by atoms with van der Waals surface area (Å²) in [5, 5.41) is 0. The first-order chi connectivity index (χ1) is 13.3. The molecule has 0 aliphatic carbocycles. The third-order valence-corrected chi connectivity index (χ3v) is 4.97. The first-order valence-electron chi connectivity index (χ1n) is 10.0. The van der Waals surface area contributed by atoms with Crippen molar-refractivity contribution < 1.29 is 4.79 Å². The first kappa shape index (κ1) is 21.7. The van der Waals surface area contributed by atoms with Crippen molar-refractivity contribution in [1.29, 1.82) is 0 Å². The van der Waals surface area contributed by atoms with E-state index in [9.17, 15) is 4.79 Å². The molecule has 150 valence electrons. The minimum atomic E-state index is 0.0827. The second-order valence-electron chi connectivity index (χ2n) is 7.77. The largest absolute Gasteiger partial charge is 0.366 e. The van der Waals surface area contributed by atoms with Gasteiger partial charge in [-0.25, -0.2) is 4.99 Å². The van der Waals surface area contributed by atoms with Crippen molar-refractivity contribution >= 4 is 17.9 Å². The van der Waals surface area contributed by atoms with Gasteiger partial charge < -0.3 is 9.80 Å². The summed E-state index contributed by atoms with van der Waals surface area (Å²) in [5.41, 5.74) is 4.87. The molecular weight excluding hydrogens is 346 g/mol. The van der Waals surface area contributed by atoms with E-state index in [2.05, 4.69) is 37.9 Å². The Morgan fingerprint density at radius 3 is 2.36 bits per heavy atom. The molecule has 0 unspecified atom stereocenters. The second kappa shape index (κ2) is 10.1. The lowest BCUT2D eigenvalue weighted by Crippen LogP contribution is -2.34. The Morgan fingerprint density at radius 1 is 1.07 bits per heavy atom. The maximum Gasteiger partial charge on any atom is 0.254 e. The van der Waals surface area contributed by atoms with Crippen LogP contribution in [0.2, 0.25) is 0 Å². The molecule has 0 N–H and O–H groups in total. The fourth-order valence-corrected chi connectivity index (χ4v) is 3.05. The molecule has 4 nitrogen and oxygen atoms in total. The Hall–Kier alpha value is -2.62. The van der Waals surface area contributed by atoms with Gasteiger partial charge >= 0.3 is 0 Å². The SMILES string of the molecule is CCN(C)C=Nc1ccc(C(=O)N(Cc2ccccc2)CC(C)C)c(C)c1C. The number of rotatable bonds is 8. The number of amides is 1. The Balaban J connectivity index is 2.30. The molecule has 0 heterocycles. The van der Waals surface area contributed by atoms with Crippen molar-refractivity contribution in [2.75, 3.05) is 20.1 Å². The monoisotopic (exact) mass is 379 g/mol. The van der Waals surface area contributed by atoms with Gasteiger partial charge in [-0.3, -0.25) is 4.79 Å². The Morgan fingerprint density at radius 2 is 1.75 bits per heavy atom. The van der Waals surface area contributed by atoms with Crippen molar-refractivity contribution in [3.05, 3.63) is 64.7 Å². The minimum Gasteiger partial charge on any atom is -0.366 e. The quantitative estimate of drug-likeness (QED) is 0.466. The average molecular weight is 380 g/mol. The van der Waals surface area contributed by atoms with Crippen LogP contribution in [-0.4, -0.2) is 42.2 Å². The molecule has 0 saturated heterocycles. The van der Waals surface area contributed by atoms with E-state index in [1.54, 1.807) is 0 Å². The molecule has 4 heteroatoms. The number of benzene rings is 2. The van der Waals surface area contributed by atoms with Crippen molar-refractivity contribution in [3.8, 4) is 0 Å². The zero-order valence-electron chi connectivity index (χ0n) is 18.1. The highest BCUT2D eigenvalue weighted by molar-refractivity contribution is 5.96. The van der Waals surface area contributed by atoms with E-state index in [-0.39, 0.29) is 5.91 Å². The Labute approximate surface area is 169 Å². The number of carbonyl (C=O) groups is 1. The molecule has 2 aromatic rings. The van der Waals surface area contributed by atoms with Crippen LogP contribution in [0.4, 0.5) is 5.69 Å². The summed E-state index contributed by atoms with van der Waals surface area (Å²) in [7, 11) is 2.00. The van der Waals surface area contributed by atoms with E-state index in [1.807, 2.05) is 67.4 Å². The standard InChI is InChI=1S/C24H33N3O/c1-7-26(6)17-25-23-14-13-22(19(4)20(23)5)24(28)27(15-18(2)3)16-21-11-9-8-10-12-21/h8-14,17-18H,7,15-16H2,1-6H3. The van der Waals surface area contributed by atoms with Crippen LogP contribution >= 0.6 is 0 Å². The summed E-state index contributed by atoms with van der Waals surface area (Å²) in [4.78, 5) is 21.9. The molecule has 0 spiro atoms. The van der Waals surface area contributed by atoms with Gasteiger partial charge in [-0.15, -0.1) is 0 Å². The van der Waals surface area contributed by atoms with E-state index in [0.717, 1.165) is 41.0 Å². The fourth-order valence-electron chi connectivity index (χ4n) is 3.05. The van der Waals surface area contributed by atoms with Crippen LogP contribution in [0.25, 0.3) is 0 Å². The van der Waals surface area contributed by atoms with Crippen molar-refractivity contribution in [2.45, 2.75) is 41.2 Å². The molecule has 2 aromatic carbocycles. The molecule has 2 rings (SSSR count). The topological polar surface area (TPSA) is 35.9 Å². The van der Waals surface area contributed by atoms with Gasteiger partial charge in [0.25, 0.3) is 5.91 Å². The molecule has 28 heavy (non-hydrogen) atoms. The molecule has 0 fully saturated rings. The lowest BCUT2D eigenvalue weighted by Gasteiger charge is -2.26. The summed E-state index contributed by atoms with van der Waals surface area (Å²) in [6, 6.07) is 14.0. The molecule has 1 amide bonds. The zero-order valence-corrected chi connectivity index (χ0v) is 18.1. The van der Waals surface area contributed by atoms with Gasteiger partial charge in [-0.2, -0.15) is 0 Å². The fraction of sp³-hybridized carbons (Fsp3) is 0.417. The van der Waals surface area contributed by atoms with E-state index in [1.165, 1.54) is 0 Å². The normalized spacial score (nSPS) is 11.2. The zero-order chi connectivity index (χ0) is 20.7. The van der Waals surface area contributed by atoms with Crippen molar-refractivity contribution in [3.63, 3.8) is 0 Å². The van der Waals surface area contributed by atoms with Crippen LogP contribution in [0.1, 0.15) is 47.8 Å². The number of nitrogens with zero attached hydrogens (tertiary/aromatic N) is 3. The van der Waals surface area contributed by atoms with Crippen LogP contribution < -0.4 is 0 Å². The van der Waals surface area contributed by atoms with Crippen molar-refractivity contribution in [2.24, 2.45) is 10.9 Å². The summed E-state index contributed by atoms with van der Waals surface area (Å²) in [6.07, 6.45) is 1.84. The molecule has 0 radical (unpaired) electrons. The van der Waals surface area contributed by atoms with Crippen LogP contribution in [0.15, 0.2) is 47.5 Å². The van der Waals surface area contributed by atoms with Gasteiger partial charge in [0.15, 0.2) is 0 Å². The predicted octanol–water partition coefficient (Wildman–Crippen LogP) is 5.21.